The lowest BCUT2D eigenvalue weighted by Crippen LogP contribution is -2.58. The first kappa shape index (κ1) is 15.8. The molecule has 1 aromatic carbocycles. The highest BCUT2D eigenvalue weighted by atomic mass is 35.7. The molecule has 0 spiro atoms. The zero-order chi connectivity index (χ0) is 14.3. The standard InChI is InChI=1S/C11H10O2S.ClHO4/c1-12-10-6-4-9(5-7-10)11-3-2-8-13-14-11;2-1(3,4)5/h2-8H,1H3;(H,2,3,4,5). The highest BCUT2D eigenvalue weighted by Gasteiger charge is 2.05. The Labute approximate surface area is 116 Å². The second-order valence-corrected chi connectivity index (χ2v) is 4.75. The molecule has 1 aliphatic heterocycles. The van der Waals surface area contributed by atoms with Gasteiger partial charge in [0.15, 0.2) is 0 Å². The van der Waals surface area contributed by atoms with Gasteiger partial charge in [-0.25, -0.2) is 0 Å². The lowest BCUT2D eigenvalue weighted by Gasteiger charge is -2.08. The minimum atomic E-state index is -4.69. The van der Waals surface area contributed by atoms with Gasteiger partial charge in [0.2, 0.25) is 0 Å². The van der Waals surface area contributed by atoms with Crippen LogP contribution in [-0.4, -0.2) is 11.8 Å². The molecular formula is C11H11ClO6S. The molecule has 0 aromatic heterocycles. The van der Waals surface area contributed by atoms with Crippen molar-refractivity contribution in [3.63, 3.8) is 0 Å². The van der Waals surface area contributed by atoms with Gasteiger partial charge >= 0.3 is 0 Å². The summed E-state index contributed by atoms with van der Waals surface area (Å²) >= 11 is 1.36. The first-order valence-electron chi connectivity index (χ1n) is 4.88. The van der Waals surface area contributed by atoms with Crippen LogP contribution < -0.4 is 18.7 Å². The van der Waals surface area contributed by atoms with Crippen LogP contribution in [-0.2, 0) is 4.18 Å². The zero-order valence-electron chi connectivity index (χ0n) is 9.82. The average Bonchev–Trinajstić information content (AvgIpc) is 2.38. The molecule has 0 unspecified atom stereocenters. The van der Waals surface area contributed by atoms with Gasteiger partial charge in [-0.15, -0.1) is 0 Å². The molecule has 0 aliphatic carbocycles. The topological polar surface area (TPSA) is 108 Å². The first-order valence-corrected chi connectivity index (χ1v) is 6.88. The van der Waals surface area contributed by atoms with Crippen molar-refractivity contribution in [1.82, 2.24) is 0 Å². The molecule has 1 N–H and O–H groups in total. The molecule has 6 nitrogen and oxygen atoms in total. The molecule has 0 saturated carbocycles. The Balaban J connectivity index is 0.000000312. The normalized spacial score (nSPS) is 13.8. The van der Waals surface area contributed by atoms with E-state index in [0.29, 0.717) is 0 Å². The molecule has 1 aromatic rings. The van der Waals surface area contributed by atoms with Crippen LogP contribution in [0.25, 0.3) is 4.91 Å². The molecule has 0 bridgehead atoms. The van der Waals surface area contributed by atoms with Crippen LogP contribution in [0.3, 0.4) is 0 Å². The van der Waals surface area contributed by atoms with Crippen molar-refractivity contribution in [3.8, 4) is 5.75 Å². The first-order chi connectivity index (χ1) is 8.90. The van der Waals surface area contributed by atoms with E-state index in [2.05, 4.69) is 0 Å². The molecule has 0 amide bonds. The van der Waals surface area contributed by atoms with Crippen LogP contribution in [0.2, 0.25) is 0 Å². The summed E-state index contributed by atoms with van der Waals surface area (Å²) in [5.41, 5.74) is 1.14. The average molecular weight is 307 g/mol. The maximum absolute atomic E-state index is 8.60. The van der Waals surface area contributed by atoms with Gasteiger partial charge in [-0.05, 0) is 29.8 Å². The fourth-order valence-corrected chi connectivity index (χ4v) is 1.76. The fourth-order valence-electron chi connectivity index (χ4n) is 1.17. The summed E-state index contributed by atoms with van der Waals surface area (Å²) in [5.74, 6) is 0.867. The molecule has 0 saturated heterocycles. The van der Waals surface area contributed by atoms with Gasteiger partial charge in [0.1, 0.15) is 12.0 Å². The predicted molar refractivity (Wildman–Crippen MR) is 61.0 cm³/mol. The van der Waals surface area contributed by atoms with Crippen molar-refractivity contribution >= 4 is 16.9 Å². The summed E-state index contributed by atoms with van der Waals surface area (Å²) < 4.78 is 42.9. The van der Waals surface area contributed by atoms with Crippen molar-refractivity contribution in [2.45, 2.75) is 0 Å². The van der Waals surface area contributed by atoms with E-state index >= 15 is 0 Å². The Hall–Kier alpha value is -1.22. The summed E-state index contributed by atoms with van der Waals surface area (Å²) in [6.45, 7) is 0. The minimum Gasteiger partial charge on any atom is -0.497 e. The number of benzene rings is 1. The van der Waals surface area contributed by atoms with Gasteiger partial charge in [-0.2, -0.15) is 14.0 Å². The third kappa shape index (κ3) is 7.06. The number of hydrogen-bond donors (Lipinski definition) is 1. The third-order valence-corrected chi connectivity index (χ3v) is 2.65. The monoisotopic (exact) mass is 306 g/mol. The lowest BCUT2D eigenvalue weighted by atomic mass is 10.2. The highest BCUT2D eigenvalue weighted by Crippen LogP contribution is 2.31. The molecule has 104 valence electrons. The van der Waals surface area contributed by atoms with Crippen molar-refractivity contribution in [1.29, 1.82) is 0 Å². The quantitative estimate of drug-likeness (QED) is 0.706. The number of halogens is 1. The largest absolute Gasteiger partial charge is 0.497 e. The van der Waals surface area contributed by atoms with Crippen molar-refractivity contribution in [2.75, 3.05) is 7.11 Å². The van der Waals surface area contributed by atoms with Gasteiger partial charge in [-0.1, -0.05) is 12.1 Å². The molecular weight excluding hydrogens is 296 g/mol. The van der Waals surface area contributed by atoms with Gasteiger partial charge in [-0.3, -0.25) is 0 Å². The van der Waals surface area contributed by atoms with E-state index < -0.39 is 10.2 Å². The summed E-state index contributed by atoms with van der Waals surface area (Å²) in [4.78, 5) is 1.11. The van der Waals surface area contributed by atoms with E-state index in [1.54, 1.807) is 13.4 Å². The highest BCUT2D eigenvalue weighted by molar-refractivity contribution is 8.04. The second kappa shape index (κ2) is 7.39. The lowest BCUT2D eigenvalue weighted by molar-refractivity contribution is -1.92. The number of hydrogen-bond acceptors (Lipinski definition) is 7. The van der Waals surface area contributed by atoms with Gasteiger partial charge < -0.3 is 8.92 Å². The second-order valence-electron chi connectivity index (χ2n) is 3.16. The maximum Gasteiger partial charge on any atom is 0.118 e. The zero-order valence-corrected chi connectivity index (χ0v) is 11.4. The van der Waals surface area contributed by atoms with Gasteiger partial charge in [0, 0.05) is 0 Å². The van der Waals surface area contributed by atoms with Crippen LogP contribution in [0.1, 0.15) is 5.56 Å². The fraction of sp³-hybridized carbons (Fsp3) is 0.0909. The number of ether oxygens (including phenoxy) is 1. The predicted octanol–water partition coefficient (Wildman–Crippen LogP) is -0.896. The smallest absolute Gasteiger partial charge is 0.118 e. The Morgan fingerprint density at radius 1 is 1.21 bits per heavy atom. The van der Waals surface area contributed by atoms with Crippen LogP contribution in [0.5, 0.6) is 5.75 Å². The molecule has 1 heterocycles. The summed E-state index contributed by atoms with van der Waals surface area (Å²) in [6.07, 6.45) is 5.57. The van der Waals surface area contributed by atoms with E-state index in [4.69, 9.17) is 27.6 Å². The SMILES string of the molecule is COc1ccc(C2=CC=COS2)cc1.[O-][Cl+3]([O-])([O-])O. The van der Waals surface area contributed by atoms with Crippen molar-refractivity contribution in [2.24, 2.45) is 0 Å². The summed E-state index contributed by atoms with van der Waals surface area (Å²) in [6, 6.07) is 7.91. The molecule has 8 heteroatoms. The van der Waals surface area contributed by atoms with Crippen LogP contribution in [0.15, 0.2) is 42.7 Å². The third-order valence-electron chi connectivity index (χ3n) is 1.89. The van der Waals surface area contributed by atoms with Crippen molar-refractivity contribution in [3.05, 3.63) is 48.2 Å². The summed E-state index contributed by atoms with van der Waals surface area (Å²) in [7, 11) is -3.03. The van der Waals surface area contributed by atoms with Crippen LogP contribution in [0.4, 0.5) is 0 Å². The Morgan fingerprint density at radius 2 is 1.79 bits per heavy atom. The molecule has 0 atom stereocenters. The number of allylic oxidation sites excluding steroid dienone is 2. The van der Waals surface area contributed by atoms with Crippen molar-refractivity contribution < 1.29 is 37.8 Å². The summed E-state index contributed by atoms with van der Waals surface area (Å²) in [5, 5.41) is 0. The number of methoxy groups -OCH3 is 1. The molecule has 19 heavy (non-hydrogen) atoms. The van der Waals surface area contributed by atoms with Gasteiger partial charge in [0.25, 0.3) is 0 Å². The van der Waals surface area contributed by atoms with E-state index in [0.717, 1.165) is 16.2 Å². The van der Waals surface area contributed by atoms with Crippen LogP contribution in [0, 0.1) is 10.2 Å². The van der Waals surface area contributed by atoms with E-state index in [1.165, 1.54) is 12.0 Å². The Morgan fingerprint density at radius 3 is 2.21 bits per heavy atom. The molecule has 0 fully saturated rings. The molecule has 2 rings (SSSR count). The maximum atomic E-state index is 8.60. The van der Waals surface area contributed by atoms with E-state index in [1.807, 2.05) is 36.4 Å². The minimum absolute atomic E-state index is 0.867. The Bertz CT molecular complexity index is 445. The van der Waals surface area contributed by atoms with Crippen LogP contribution >= 0.6 is 12.0 Å². The Kier molecular flexibility index (Phi) is 6.16. The molecule has 1 aliphatic rings. The number of rotatable bonds is 2. The molecule has 0 radical (unpaired) electrons. The van der Waals surface area contributed by atoms with E-state index in [-0.39, 0.29) is 0 Å². The van der Waals surface area contributed by atoms with Gasteiger partial charge in [0.05, 0.1) is 39.0 Å². The van der Waals surface area contributed by atoms with E-state index in [9.17, 15) is 0 Å².